The Morgan fingerprint density at radius 3 is 2.64 bits per heavy atom. The van der Waals surface area contributed by atoms with Gasteiger partial charge in [0.15, 0.2) is 5.58 Å². The lowest BCUT2D eigenvalue weighted by atomic mass is 10.0. The topological polar surface area (TPSA) is 87.8 Å². The van der Waals surface area contributed by atoms with Crippen LogP contribution >= 0.6 is 0 Å². The van der Waals surface area contributed by atoms with Gasteiger partial charge in [0.1, 0.15) is 6.54 Å². The molecule has 8 heteroatoms. The van der Waals surface area contributed by atoms with Crippen molar-refractivity contribution in [3.8, 4) is 0 Å². The number of urea groups is 1. The second-order valence-corrected chi connectivity index (χ2v) is 6.46. The van der Waals surface area contributed by atoms with Gasteiger partial charge in [0.05, 0.1) is 5.52 Å². The minimum atomic E-state index is -0.516. The normalized spacial score (nSPS) is 18.8. The molecule has 0 radical (unpaired) electrons. The second kappa shape index (κ2) is 6.27. The fourth-order valence-electron chi connectivity index (χ4n) is 3.66. The summed E-state index contributed by atoms with van der Waals surface area (Å²) in [6.45, 7) is 2.59. The number of amides is 3. The van der Waals surface area contributed by atoms with Crippen LogP contribution in [0.5, 0.6) is 0 Å². The molecule has 0 aliphatic carbocycles. The quantitative estimate of drug-likeness (QED) is 0.884. The molecular formula is C17H20N4O4. The molecule has 0 saturated carbocycles. The molecule has 2 aliphatic rings. The molecule has 0 unspecified atom stereocenters. The molecule has 3 heterocycles. The summed E-state index contributed by atoms with van der Waals surface area (Å²) < 4.78 is 6.54. The Hall–Kier alpha value is -2.77. The van der Waals surface area contributed by atoms with Crippen molar-refractivity contribution in [1.29, 1.82) is 0 Å². The van der Waals surface area contributed by atoms with E-state index in [0.717, 1.165) is 19.4 Å². The highest BCUT2D eigenvalue weighted by molar-refractivity contribution is 5.80. The van der Waals surface area contributed by atoms with Gasteiger partial charge in [-0.3, -0.25) is 9.36 Å². The molecule has 0 bridgehead atoms. The third-order valence-electron chi connectivity index (χ3n) is 5.01. The van der Waals surface area contributed by atoms with Gasteiger partial charge in [-0.15, -0.1) is 0 Å². The number of likely N-dealkylation sites (tertiary alicyclic amines) is 1. The molecule has 1 N–H and O–H groups in total. The van der Waals surface area contributed by atoms with Gasteiger partial charge < -0.3 is 19.5 Å². The van der Waals surface area contributed by atoms with E-state index in [4.69, 9.17) is 4.42 Å². The number of aromatic nitrogens is 1. The third kappa shape index (κ3) is 2.88. The van der Waals surface area contributed by atoms with Crippen molar-refractivity contribution in [3.63, 3.8) is 0 Å². The average Bonchev–Trinajstić information content (AvgIpc) is 3.19. The van der Waals surface area contributed by atoms with Gasteiger partial charge in [0.25, 0.3) is 0 Å². The highest BCUT2D eigenvalue weighted by Crippen LogP contribution is 2.19. The summed E-state index contributed by atoms with van der Waals surface area (Å²) in [5.41, 5.74) is 1.11. The lowest BCUT2D eigenvalue weighted by Crippen LogP contribution is -2.48. The minimum absolute atomic E-state index is 0.0128. The van der Waals surface area contributed by atoms with Crippen molar-refractivity contribution in [2.24, 2.45) is 0 Å². The first-order valence-electron chi connectivity index (χ1n) is 8.54. The number of hydrogen-bond acceptors (Lipinski definition) is 4. The first-order chi connectivity index (χ1) is 12.1. The molecule has 2 aliphatic heterocycles. The molecule has 3 amide bonds. The second-order valence-electron chi connectivity index (χ2n) is 6.46. The van der Waals surface area contributed by atoms with Crippen LogP contribution in [0.1, 0.15) is 12.8 Å². The Bertz CT molecular complexity index is 863. The summed E-state index contributed by atoms with van der Waals surface area (Å²) in [5.74, 6) is -0.615. The van der Waals surface area contributed by atoms with Crippen molar-refractivity contribution in [2.45, 2.75) is 25.4 Å². The van der Waals surface area contributed by atoms with Crippen LogP contribution in [-0.4, -0.2) is 58.5 Å². The van der Waals surface area contributed by atoms with E-state index >= 15 is 0 Å². The number of fused-ring (bicyclic) bond motifs is 1. The lowest BCUT2D eigenvalue weighted by Gasteiger charge is -2.36. The fraction of sp³-hybridized carbons (Fsp3) is 0.471. The number of carbonyl (C=O) groups excluding carboxylic acids is 2. The Balaban J connectivity index is 1.41. The molecule has 1 aromatic heterocycles. The van der Waals surface area contributed by atoms with Crippen molar-refractivity contribution in [3.05, 3.63) is 34.8 Å². The van der Waals surface area contributed by atoms with E-state index in [0.29, 0.717) is 30.7 Å². The number of piperidine rings is 1. The number of rotatable bonds is 3. The molecular weight excluding hydrogens is 324 g/mol. The minimum Gasteiger partial charge on any atom is -0.408 e. The van der Waals surface area contributed by atoms with E-state index in [2.05, 4.69) is 5.32 Å². The lowest BCUT2D eigenvalue weighted by molar-refractivity contribution is -0.133. The molecule has 0 spiro atoms. The van der Waals surface area contributed by atoms with E-state index in [9.17, 15) is 14.4 Å². The number of para-hydroxylation sites is 2. The molecule has 2 aromatic rings. The average molecular weight is 344 g/mol. The van der Waals surface area contributed by atoms with Gasteiger partial charge in [0.2, 0.25) is 5.91 Å². The van der Waals surface area contributed by atoms with Crippen LogP contribution in [-0.2, 0) is 11.3 Å². The molecule has 132 valence electrons. The van der Waals surface area contributed by atoms with Crippen molar-refractivity contribution >= 4 is 23.0 Å². The third-order valence-corrected chi connectivity index (χ3v) is 5.01. The summed E-state index contributed by atoms with van der Waals surface area (Å²) in [7, 11) is 0. The summed E-state index contributed by atoms with van der Waals surface area (Å²) in [5, 5.41) is 2.81. The predicted octanol–water partition coefficient (Wildman–Crippen LogP) is 0.611. The Morgan fingerprint density at radius 1 is 1.16 bits per heavy atom. The van der Waals surface area contributed by atoms with E-state index < -0.39 is 5.76 Å². The van der Waals surface area contributed by atoms with E-state index in [1.54, 1.807) is 23.1 Å². The molecule has 4 rings (SSSR count). The Morgan fingerprint density at radius 2 is 1.92 bits per heavy atom. The summed E-state index contributed by atoms with van der Waals surface area (Å²) in [6, 6.07) is 7.25. The van der Waals surface area contributed by atoms with Crippen LogP contribution < -0.4 is 11.1 Å². The van der Waals surface area contributed by atoms with E-state index in [1.165, 1.54) is 4.57 Å². The van der Waals surface area contributed by atoms with Crippen LogP contribution in [0.2, 0.25) is 0 Å². The van der Waals surface area contributed by atoms with Crippen molar-refractivity contribution in [2.75, 3.05) is 26.2 Å². The first-order valence-corrected chi connectivity index (χ1v) is 8.54. The zero-order valence-electron chi connectivity index (χ0n) is 13.8. The maximum Gasteiger partial charge on any atom is 0.420 e. The Kier molecular flexibility index (Phi) is 3.95. The highest BCUT2D eigenvalue weighted by atomic mass is 16.4. The van der Waals surface area contributed by atoms with Gasteiger partial charge in [-0.2, -0.15) is 0 Å². The SMILES string of the molecule is O=C(Cn1c(=O)oc2ccccc21)N1CCC(N2CCNC2=O)CC1. The van der Waals surface area contributed by atoms with Crippen LogP contribution in [0.4, 0.5) is 4.79 Å². The number of oxazole rings is 1. The largest absolute Gasteiger partial charge is 0.420 e. The van der Waals surface area contributed by atoms with Gasteiger partial charge in [0, 0.05) is 32.2 Å². The standard InChI is InChI=1S/C17H20N4O4/c22-15(11-21-13-3-1-2-4-14(13)25-17(21)24)19-8-5-12(6-9-19)20-10-7-18-16(20)23/h1-4,12H,5-11H2,(H,18,23). The van der Waals surface area contributed by atoms with Gasteiger partial charge >= 0.3 is 11.8 Å². The fourth-order valence-corrected chi connectivity index (χ4v) is 3.66. The predicted molar refractivity (Wildman–Crippen MR) is 90.2 cm³/mol. The van der Waals surface area contributed by atoms with Crippen molar-refractivity contribution in [1.82, 2.24) is 19.7 Å². The Labute approximate surface area is 144 Å². The van der Waals surface area contributed by atoms with E-state index in [1.807, 2.05) is 11.0 Å². The van der Waals surface area contributed by atoms with Crippen LogP contribution in [0, 0.1) is 0 Å². The summed E-state index contributed by atoms with van der Waals surface area (Å²) >= 11 is 0. The monoisotopic (exact) mass is 344 g/mol. The molecule has 25 heavy (non-hydrogen) atoms. The number of nitrogens with zero attached hydrogens (tertiary/aromatic N) is 3. The number of hydrogen-bond donors (Lipinski definition) is 1. The maximum atomic E-state index is 12.6. The van der Waals surface area contributed by atoms with Crippen molar-refractivity contribution < 1.29 is 14.0 Å². The summed E-state index contributed by atoms with van der Waals surface area (Å²) in [6.07, 6.45) is 1.53. The molecule has 0 atom stereocenters. The van der Waals surface area contributed by atoms with Crippen LogP contribution in [0.25, 0.3) is 11.1 Å². The molecule has 1 aromatic carbocycles. The number of carbonyl (C=O) groups is 2. The van der Waals surface area contributed by atoms with Gasteiger partial charge in [-0.25, -0.2) is 9.59 Å². The molecule has 8 nitrogen and oxygen atoms in total. The van der Waals surface area contributed by atoms with E-state index in [-0.39, 0.29) is 24.5 Å². The highest BCUT2D eigenvalue weighted by Gasteiger charge is 2.32. The molecule has 2 saturated heterocycles. The summed E-state index contributed by atoms with van der Waals surface area (Å²) in [4.78, 5) is 39.9. The smallest absolute Gasteiger partial charge is 0.408 e. The number of nitrogens with one attached hydrogen (secondary N) is 1. The molecule has 2 fully saturated rings. The maximum absolute atomic E-state index is 12.6. The number of benzene rings is 1. The van der Waals surface area contributed by atoms with Crippen LogP contribution in [0.3, 0.4) is 0 Å². The van der Waals surface area contributed by atoms with Gasteiger partial charge in [-0.05, 0) is 25.0 Å². The first kappa shape index (κ1) is 15.7. The zero-order valence-corrected chi connectivity index (χ0v) is 13.8. The van der Waals surface area contributed by atoms with Crippen LogP contribution in [0.15, 0.2) is 33.5 Å². The van der Waals surface area contributed by atoms with Gasteiger partial charge in [-0.1, -0.05) is 12.1 Å². The zero-order chi connectivity index (χ0) is 17.4.